The van der Waals surface area contributed by atoms with E-state index in [0.29, 0.717) is 25.2 Å². The molecule has 1 amide bonds. The van der Waals surface area contributed by atoms with Crippen LogP contribution in [0.2, 0.25) is 0 Å². The molecule has 0 spiro atoms. The van der Waals surface area contributed by atoms with Crippen molar-refractivity contribution < 1.29 is 13.6 Å². The summed E-state index contributed by atoms with van der Waals surface area (Å²) in [6, 6.07) is 16.2. The maximum Gasteiger partial charge on any atom is 0.254 e. The monoisotopic (exact) mass is 382 g/mol. The minimum Gasteiger partial charge on any atom is -0.345 e. The third-order valence-corrected chi connectivity index (χ3v) is 4.66. The lowest BCUT2D eigenvalue weighted by atomic mass is 10.1. The van der Waals surface area contributed by atoms with Gasteiger partial charge in [0.25, 0.3) is 5.91 Å². The van der Waals surface area contributed by atoms with E-state index >= 15 is 0 Å². The Bertz CT molecular complexity index is 936. The van der Waals surface area contributed by atoms with Crippen LogP contribution in [0.4, 0.5) is 8.78 Å². The van der Waals surface area contributed by atoms with Crippen LogP contribution in [0.3, 0.4) is 0 Å². The molecule has 0 atom stereocenters. The summed E-state index contributed by atoms with van der Waals surface area (Å²) in [4.78, 5) is 14.7. The molecule has 0 aliphatic carbocycles. The fourth-order valence-electron chi connectivity index (χ4n) is 3.18. The molecular weight excluding hydrogens is 358 g/mol. The molecule has 0 saturated carbocycles. The van der Waals surface area contributed by atoms with Crippen LogP contribution in [-0.4, -0.2) is 21.9 Å². The number of nitrogens with zero attached hydrogens (tertiary/aromatic N) is 2. The zero-order chi connectivity index (χ0) is 19.9. The zero-order valence-corrected chi connectivity index (χ0v) is 15.9. The van der Waals surface area contributed by atoms with Gasteiger partial charge in [0.1, 0.15) is 11.6 Å². The topological polar surface area (TPSA) is 25.2 Å². The minimum absolute atomic E-state index is 0.188. The van der Waals surface area contributed by atoms with Crippen molar-refractivity contribution in [1.82, 2.24) is 9.47 Å². The fraction of sp³-hybridized carbons (Fsp3) is 0.261. The highest BCUT2D eigenvalue weighted by molar-refractivity contribution is 5.94. The van der Waals surface area contributed by atoms with Crippen molar-refractivity contribution >= 4 is 5.91 Å². The highest BCUT2D eigenvalue weighted by atomic mass is 19.1. The largest absolute Gasteiger partial charge is 0.345 e. The maximum atomic E-state index is 13.6. The third-order valence-electron chi connectivity index (χ3n) is 4.66. The predicted molar refractivity (Wildman–Crippen MR) is 106 cm³/mol. The Kier molecular flexibility index (Phi) is 6.58. The van der Waals surface area contributed by atoms with Gasteiger partial charge >= 0.3 is 0 Å². The quantitative estimate of drug-likeness (QED) is 0.522. The van der Waals surface area contributed by atoms with Gasteiger partial charge in [-0.1, -0.05) is 31.5 Å². The number of hydrogen-bond donors (Lipinski definition) is 0. The van der Waals surface area contributed by atoms with E-state index in [2.05, 4.69) is 6.92 Å². The van der Waals surface area contributed by atoms with Crippen molar-refractivity contribution in [3.05, 3.63) is 95.3 Å². The van der Waals surface area contributed by atoms with Crippen molar-refractivity contribution in [2.75, 3.05) is 6.54 Å². The summed E-state index contributed by atoms with van der Waals surface area (Å²) in [6.45, 7) is 3.60. The number of aromatic nitrogens is 1. The Labute approximate surface area is 164 Å². The van der Waals surface area contributed by atoms with E-state index < -0.39 is 5.82 Å². The molecule has 28 heavy (non-hydrogen) atoms. The zero-order valence-electron chi connectivity index (χ0n) is 15.9. The Morgan fingerprint density at radius 2 is 1.75 bits per heavy atom. The van der Waals surface area contributed by atoms with Crippen LogP contribution in [0.5, 0.6) is 0 Å². The van der Waals surface area contributed by atoms with Gasteiger partial charge in [0, 0.05) is 30.5 Å². The molecule has 0 radical (unpaired) electrons. The van der Waals surface area contributed by atoms with Gasteiger partial charge in [-0.05, 0) is 54.4 Å². The molecule has 2 aromatic carbocycles. The molecule has 0 saturated heterocycles. The third kappa shape index (κ3) is 5.06. The lowest BCUT2D eigenvalue weighted by Crippen LogP contribution is -2.32. The Balaban J connectivity index is 1.80. The minimum atomic E-state index is -0.421. The number of benzene rings is 2. The number of carbonyl (C=O) groups is 1. The number of rotatable bonds is 8. The normalized spacial score (nSPS) is 10.8. The molecule has 0 N–H and O–H groups in total. The van der Waals surface area contributed by atoms with Crippen molar-refractivity contribution in [2.24, 2.45) is 0 Å². The first-order valence-electron chi connectivity index (χ1n) is 9.50. The van der Waals surface area contributed by atoms with Crippen LogP contribution < -0.4 is 0 Å². The van der Waals surface area contributed by atoms with Crippen LogP contribution in [0.1, 0.15) is 41.4 Å². The molecular formula is C23H24F2N2O. The van der Waals surface area contributed by atoms with Gasteiger partial charge in [0.15, 0.2) is 0 Å². The predicted octanol–water partition coefficient (Wildman–Crippen LogP) is 5.26. The molecule has 1 heterocycles. The second-order valence-corrected chi connectivity index (χ2v) is 6.85. The van der Waals surface area contributed by atoms with Gasteiger partial charge < -0.3 is 9.47 Å². The lowest BCUT2D eigenvalue weighted by Gasteiger charge is -2.24. The van der Waals surface area contributed by atoms with Crippen LogP contribution in [-0.2, 0) is 13.1 Å². The van der Waals surface area contributed by atoms with Crippen molar-refractivity contribution in [3.63, 3.8) is 0 Å². The number of hydrogen-bond acceptors (Lipinski definition) is 1. The lowest BCUT2D eigenvalue weighted by molar-refractivity contribution is 0.0736. The van der Waals surface area contributed by atoms with E-state index in [1.54, 1.807) is 23.1 Å². The summed E-state index contributed by atoms with van der Waals surface area (Å²) in [5.74, 6) is -0.876. The smallest absolute Gasteiger partial charge is 0.254 e. The summed E-state index contributed by atoms with van der Waals surface area (Å²) in [7, 11) is 0. The molecule has 1 aromatic heterocycles. The van der Waals surface area contributed by atoms with Crippen LogP contribution in [0.25, 0.3) is 0 Å². The molecule has 146 valence electrons. The van der Waals surface area contributed by atoms with E-state index in [1.807, 2.05) is 29.0 Å². The van der Waals surface area contributed by atoms with E-state index in [0.717, 1.165) is 24.1 Å². The first-order valence-corrected chi connectivity index (χ1v) is 9.50. The molecule has 3 rings (SSSR count). The van der Waals surface area contributed by atoms with Gasteiger partial charge in [0.05, 0.1) is 6.54 Å². The van der Waals surface area contributed by atoms with Gasteiger partial charge in [0.2, 0.25) is 0 Å². The van der Waals surface area contributed by atoms with Gasteiger partial charge in [-0.3, -0.25) is 4.79 Å². The first kappa shape index (κ1) is 19.8. The molecule has 0 unspecified atom stereocenters. The summed E-state index contributed by atoms with van der Waals surface area (Å²) in [5.41, 5.74) is 2.15. The van der Waals surface area contributed by atoms with Crippen LogP contribution >= 0.6 is 0 Å². The Morgan fingerprint density at radius 3 is 2.46 bits per heavy atom. The first-order chi connectivity index (χ1) is 13.6. The molecule has 0 aliphatic rings. The van der Waals surface area contributed by atoms with Gasteiger partial charge in [-0.25, -0.2) is 8.78 Å². The average Bonchev–Trinajstić information content (AvgIpc) is 3.11. The molecule has 3 aromatic rings. The van der Waals surface area contributed by atoms with Gasteiger partial charge in [-0.15, -0.1) is 0 Å². The Morgan fingerprint density at radius 1 is 1.00 bits per heavy atom. The summed E-state index contributed by atoms with van der Waals surface area (Å²) < 4.78 is 29.0. The molecule has 0 aliphatic heterocycles. The summed E-state index contributed by atoms with van der Waals surface area (Å²) in [5, 5.41) is 0. The van der Waals surface area contributed by atoms with E-state index in [4.69, 9.17) is 0 Å². The van der Waals surface area contributed by atoms with Crippen LogP contribution in [0, 0.1) is 11.6 Å². The molecule has 5 heteroatoms. The molecule has 0 fully saturated rings. The highest BCUT2D eigenvalue weighted by Gasteiger charge is 2.18. The van der Waals surface area contributed by atoms with Gasteiger partial charge in [-0.2, -0.15) is 0 Å². The fourth-order valence-corrected chi connectivity index (χ4v) is 3.18. The summed E-state index contributed by atoms with van der Waals surface area (Å²) in [6.07, 6.45) is 3.74. The van der Waals surface area contributed by atoms with E-state index in [1.165, 1.54) is 24.3 Å². The highest BCUT2D eigenvalue weighted by Crippen LogP contribution is 2.15. The number of unbranched alkanes of at least 4 members (excludes halogenated alkanes) is 1. The standard InChI is InChI=1S/C23H24F2N2O/c1-2-3-12-27(23(28)19-8-5-10-21(25)15-19)17-22-11-6-13-26(22)16-18-7-4-9-20(24)14-18/h4-11,13-15H,2-3,12,16-17H2,1H3. The second-order valence-electron chi connectivity index (χ2n) is 6.85. The second kappa shape index (κ2) is 9.31. The van der Waals surface area contributed by atoms with E-state index in [9.17, 15) is 13.6 Å². The number of amides is 1. The maximum absolute atomic E-state index is 13.6. The van der Waals surface area contributed by atoms with Crippen molar-refractivity contribution in [1.29, 1.82) is 0 Å². The average molecular weight is 382 g/mol. The molecule has 3 nitrogen and oxygen atoms in total. The SMILES string of the molecule is CCCCN(Cc1cccn1Cc1cccc(F)c1)C(=O)c1cccc(F)c1. The van der Waals surface area contributed by atoms with E-state index in [-0.39, 0.29) is 11.7 Å². The Hall–Kier alpha value is -2.95. The number of carbonyl (C=O) groups excluding carboxylic acids is 1. The molecule has 0 bridgehead atoms. The van der Waals surface area contributed by atoms with Crippen molar-refractivity contribution in [2.45, 2.75) is 32.9 Å². The summed E-state index contributed by atoms with van der Waals surface area (Å²) >= 11 is 0. The number of halogens is 2. The van der Waals surface area contributed by atoms with Crippen molar-refractivity contribution in [3.8, 4) is 0 Å². The van der Waals surface area contributed by atoms with Crippen LogP contribution in [0.15, 0.2) is 66.9 Å².